The van der Waals surface area contributed by atoms with E-state index in [1.54, 1.807) is 35.2 Å². The second-order valence-corrected chi connectivity index (χ2v) is 6.24. The van der Waals surface area contributed by atoms with E-state index in [-0.39, 0.29) is 11.8 Å². The summed E-state index contributed by atoms with van der Waals surface area (Å²) in [5, 5.41) is 0. The number of hydrogen-bond donors (Lipinski definition) is 0. The monoisotopic (exact) mass is 367 g/mol. The molecule has 0 atom stereocenters. The van der Waals surface area contributed by atoms with Crippen LogP contribution in [0.3, 0.4) is 0 Å². The van der Waals surface area contributed by atoms with Crippen molar-refractivity contribution in [3.8, 4) is 17.1 Å². The maximum absolute atomic E-state index is 13.4. The van der Waals surface area contributed by atoms with Gasteiger partial charge >= 0.3 is 6.03 Å². The number of carbonyl (C=O) groups excluding carboxylic acids is 1. The highest BCUT2D eigenvalue weighted by Gasteiger charge is 2.30. The Bertz CT molecular complexity index is 959. The van der Waals surface area contributed by atoms with E-state index < -0.39 is 0 Å². The van der Waals surface area contributed by atoms with Crippen LogP contribution in [0.25, 0.3) is 11.3 Å². The first-order valence-electron chi connectivity index (χ1n) is 8.53. The molecule has 4 rings (SSSR count). The number of aromatic nitrogens is 1. The molecule has 7 heteroatoms. The van der Waals surface area contributed by atoms with Gasteiger partial charge < -0.3 is 14.1 Å². The van der Waals surface area contributed by atoms with Crippen LogP contribution in [0.15, 0.2) is 59.5 Å². The Hall–Kier alpha value is -3.35. The third-order valence-corrected chi connectivity index (χ3v) is 4.55. The fourth-order valence-electron chi connectivity index (χ4n) is 3.22. The maximum Gasteiger partial charge on any atom is 0.324 e. The van der Waals surface area contributed by atoms with Crippen molar-refractivity contribution in [3.63, 3.8) is 0 Å². The van der Waals surface area contributed by atoms with Crippen LogP contribution in [0.4, 0.5) is 14.9 Å². The molecule has 2 aromatic carbocycles. The summed E-state index contributed by atoms with van der Waals surface area (Å²) < 4.78 is 24.2. The number of nitrogens with zero attached hydrogens (tertiary/aromatic N) is 3. The quantitative estimate of drug-likeness (QED) is 0.686. The van der Waals surface area contributed by atoms with Crippen LogP contribution in [0.5, 0.6) is 5.75 Å². The number of methoxy groups -OCH3 is 1. The summed E-state index contributed by atoms with van der Waals surface area (Å²) in [6, 6.07) is 11.7. The van der Waals surface area contributed by atoms with Crippen molar-refractivity contribution in [1.29, 1.82) is 0 Å². The summed E-state index contributed by atoms with van der Waals surface area (Å²) >= 11 is 0. The van der Waals surface area contributed by atoms with Crippen LogP contribution in [0.2, 0.25) is 0 Å². The first-order chi connectivity index (χ1) is 13.2. The Kier molecular flexibility index (Phi) is 4.50. The van der Waals surface area contributed by atoms with E-state index in [0.717, 1.165) is 16.8 Å². The average molecular weight is 367 g/mol. The van der Waals surface area contributed by atoms with E-state index in [1.807, 2.05) is 18.2 Å². The third kappa shape index (κ3) is 3.36. The number of oxazole rings is 1. The summed E-state index contributed by atoms with van der Waals surface area (Å²) in [4.78, 5) is 20.1. The summed E-state index contributed by atoms with van der Waals surface area (Å²) in [6.45, 7) is 1.50. The molecular weight excluding hydrogens is 349 g/mol. The lowest BCUT2D eigenvalue weighted by molar-refractivity contribution is 0.218. The van der Waals surface area contributed by atoms with Crippen LogP contribution in [0, 0.1) is 5.82 Å². The smallest absolute Gasteiger partial charge is 0.324 e. The highest BCUT2D eigenvalue weighted by Crippen LogP contribution is 2.34. The third-order valence-electron chi connectivity index (χ3n) is 4.55. The largest absolute Gasteiger partial charge is 0.496 e. The van der Waals surface area contributed by atoms with Gasteiger partial charge in [0, 0.05) is 31.4 Å². The van der Waals surface area contributed by atoms with Crippen LogP contribution in [-0.2, 0) is 6.54 Å². The zero-order valence-electron chi connectivity index (χ0n) is 14.8. The van der Waals surface area contributed by atoms with Crippen molar-refractivity contribution in [2.45, 2.75) is 6.54 Å². The second kappa shape index (κ2) is 7.11. The lowest BCUT2D eigenvalue weighted by atomic mass is 10.1. The molecule has 0 N–H and O–H groups in total. The second-order valence-electron chi connectivity index (χ2n) is 6.24. The van der Waals surface area contributed by atoms with Crippen molar-refractivity contribution >= 4 is 11.7 Å². The number of halogens is 1. The minimum atomic E-state index is -0.302. The molecule has 2 amide bonds. The Labute approximate surface area is 155 Å². The predicted octanol–water partition coefficient (Wildman–Crippen LogP) is 3.93. The number of ether oxygens (including phenoxy) is 1. The molecule has 0 radical (unpaired) electrons. The predicted molar refractivity (Wildman–Crippen MR) is 98.0 cm³/mol. The van der Waals surface area contributed by atoms with E-state index in [2.05, 4.69) is 4.98 Å². The van der Waals surface area contributed by atoms with Crippen LogP contribution < -0.4 is 9.64 Å². The molecule has 0 spiro atoms. The Morgan fingerprint density at radius 3 is 2.85 bits per heavy atom. The summed E-state index contributed by atoms with van der Waals surface area (Å²) in [7, 11) is 1.57. The zero-order valence-corrected chi connectivity index (χ0v) is 14.8. The molecule has 1 saturated heterocycles. The molecule has 0 saturated carbocycles. The molecule has 2 heterocycles. The first-order valence-corrected chi connectivity index (χ1v) is 8.53. The highest BCUT2D eigenvalue weighted by atomic mass is 19.1. The molecule has 3 aromatic rings. The van der Waals surface area contributed by atoms with Gasteiger partial charge in [0.1, 0.15) is 11.6 Å². The average Bonchev–Trinajstić information content (AvgIpc) is 3.32. The number of carbonyl (C=O) groups is 1. The molecule has 0 aliphatic carbocycles. The van der Waals surface area contributed by atoms with Gasteiger partial charge in [0.05, 0.1) is 18.9 Å². The number of amides is 2. The SMILES string of the molecule is COc1cc(N2CCN(Cc3cccc(F)c3)C2=O)ccc1-c1cnco1. The minimum Gasteiger partial charge on any atom is -0.496 e. The Balaban J connectivity index is 1.55. The van der Waals surface area contributed by atoms with Crippen molar-refractivity contribution in [1.82, 2.24) is 9.88 Å². The number of urea groups is 1. The zero-order chi connectivity index (χ0) is 18.8. The lowest BCUT2D eigenvalue weighted by Crippen LogP contribution is -2.31. The molecule has 1 aliphatic heterocycles. The van der Waals surface area contributed by atoms with Crippen molar-refractivity contribution in [3.05, 3.63) is 66.4 Å². The van der Waals surface area contributed by atoms with E-state index in [4.69, 9.17) is 9.15 Å². The molecule has 0 unspecified atom stereocenters. The molecule has 138 valence electrons. The van der Waals surface area contributed by atoms with E-state index in [0.29, 0.717) is 31.1 Å². The normalized spacial score (nSPS) is 14.1. The van der Waals surface area contributed by atoms with Crippen molar-refractivity contribution in [2.75, 3.05) is 25.1 Å². The number of rotatable bonds is 5. The molecule has 27 heavy (non-hydrogen) atoms. The number of hydrogen-bond acceptors (Lipinski definition) is 4. The molecule has 1 aromatic heterocycles. The maximum atomic E-state index is 13.4. The molecule has 0 bridgehead atoms. The number of benzene rings is 2. The number of anilines is 1. The Morgan fingerprint density at radius 2 is 2.11 bits per heavy atom. The fraction of sp³-hybridized carbons (Fsp3) is 0.200. The Morgan fingerprint density at radius 1 is 1.22 bits per heavy atom. The lowest BCUT2D eigenvalue weighted by Gasteiger charge is -2.20. The van der Waals surface area contributed by atoms with Crippen LogP contribution in [0.1, 0.15) is 5.56 Å². The molecule has 1 fully saturated rings. The van der Waals surface area contributed by atoms with Gasteiger partial charge in [-0.25, -0.2) is 14.2 Å². The van der Waals surface area contributed by atoms with Gasteiger partial charge in [0.25, 0.3) is 0 Å². The molecule has 1 aliphatic rings. The minimum absolute atomic E-state index is 0.117. The van der Waals surface area contributed by atoms with Crippen molar-refractivity contribution < 1.29 is 18.3 Å². The standard InChI is InChI=1S/C20H18FN3O3/c1-26-18-10-16(5-6-17(18)19-11-22-13-27-19)24-8-7-23(20(24)25)12-14-3-2-4-15(21)9-14/h2-6,9-11,13H,7-8,12H2,1H3. The fourth-order valence-corrected chi connectivity index (χ4v) is 3.22. The van der Waals surface area contributed by atoms with E-state index in [1.165, 1.54) is 18.5 Å². The van der Waals surface area contributed by atoms with Gasteiger partial charge in [-0.3, -0.25) is 4.90 Å². The van der Waals surface area contributed by atoms with Gasteiger partial charge in [-0.15, -0.1) is 0 Å². The van der Waals surface area contributed by atoms with E-state index in [9.17, 15) is 9.18 Å². The van der Waals surface area contributed by atoms with Gasteiger partial charge in [-0.1, -0.05) is 12.1 Å². The summed E-state index contributed by atoms with van der Waals surface area (Å²) in [6.07, 6.45) is 2.97. The molecule has 6 nitrogen and oxygen atoms in total. The van der Waals surface area contributed by atoms with Crippen LogP contribution in [-0.4, -0.2) is 36.1 Å². The highest BCUT2D eigenvalue weighted by molar-refractivity contribution is 5.94. The van der Waals surface area contributed by atoms with Gasteiger partial charge in [-0.05, 0) is 29.8 Å². The first kappa shape index (κ1) is 17.1. The van der Waals surface area contributed by atoms with Crippen molar-refractivity contribution in [2.24, 2.45) is 0 Å². The van der Waals surface area contributed by atoms with E-state index >= 15 is 0 Å². The summed E-state index contributed by atoms with van der Waals surface area (Å²) in [5.74, 6) is 0.892. The summed E-state index contributed by atoms with van der Waals surface area (Å²) in [5.41, 5.74) is 2.27. The molecular formula is C20H18FN3O3. The van der Waals surface area contributed by atoms with Gasteiger partial charge in [0.15, 0.2) is 12.2 Å². The van der Waals surface area contributed by atoms with Crippen LogP contribution >= 0.6 is 0 Å². The van der Waals surface area contributed by atoms with Gasteiger partial charge in [0.2, 0.25) is 0 Å². The van der Waals surface area contributed by atoms with Gasteiger partial charge in [-0.2, -0.15) is 0 Å². The topological polar surface area (TPSA) is 58.8 Å².